The van der Waals surface area contributed by atoms with Crippen LogP contribution in [0.4, 0.5) is 0 Å². The first kappa shape index (κ1) is 22.2. The maximum atomic E-state index is 9.39. The van der Waals surface area contributed by atoms with Crippen LogP contribution in [0, 0.1) is 11.8 Å². The lowest BCUT2D eigenvalue weighted by Gasteiger charge is -2.14. The summed E-state index contributed by atoms with van der Waals surface area (Å²) in [6, 6.07) is 0. The first-order chi connectivity index (χ1) is 9.43. The van der Waals surface area contributed by atoms with Crippen LogP contribution in [0.2, 0.25) is 0 Å². The number of unbranched alkanes of at least 4 members (excludes halogenated alkanes) is 6. The van der Waals surface area contributed by atoms with E-state index in [1.165, 1.54) is 38.5 Å². The Morgan fingerprint density at radius 2 is 1.10 bits per heavy atom. The van der Waals surface area contributed by atoms with E-state index in [1.807, 2.05) is 0 Å². The van der Waals surface area contributed by atoms with Gasteiger partial charge in [0.25, 0.3) is 0 Å². The highest BCUT2D eigenvalue weighted by Crippen LogP contribution is 2.12. The van der Waals surface area contributed by atoms with Gasteiger partial charge in [-0.2, -0.15) is 0 Å². The summed E-state index contributed by atoms with van der Waals surface area (Å²) in [5.41, 5.74) is 0. The quantitative estimate of drug-likeness (QED) is 0.515. The van der Waals surface area contributed by atoms with E-state index in [0.717, 1.165) is 19.3 Å². The van der Waals surface area contributed by atoms with E-state index in [1.54, 1.807) is 0 Å². The highest BCUT2D eigenvalue weighted by molar-refractivity contribution is 4.60. The second-order valence-electron chi connectivity index (χ2n) is 6.76. The van der Waals surface area contributed by atoms with E-state index in [9.17, 15) is 5.11 Å². The Labute approximate surface area is 128 Å². The van der Waals surface area contributed by atoms with Crippen LogP contribution in [0.1, 0.15) is 92.4 Å². The third-order valence-corrected chi connectivity index (χ3v) is 3.25. The second-order valence-corrected chi connectivity index (χ2v) is 6.76. The molecule has 0 aliphatic carbocycles. The molecule has 0 spiro atoms. The van der Waals surface area contributed by atoms with Crippen molar-refractivity contribution >= 4 is 0 Å². The smallest absolute Gasteiger partial charge is 0.0545 e. The fraction of sp³-hybridized carbons (Fsp3) is 1.00. The van der Waals surface area contributed by atoms with Crippen molar-refractivity contribution < 1.29 is 10.2 Å². The van der Waals surface area contributed by atoms with Crippen molar-refractivity contribution in [2.45, 2.75) is 98.5 Å². The van der Waals surface area contributed by atoms with Crippen molar-refractivity contribution in [2.75, 3.05) is 6.61 Å². The van der Waals surface area contributed by atoms with Gasteiger partial charge in [-0.3, -0.25) is 0 Å². The molecule has 0 aromatic carbocycles. The molecule has 0 heterocycles. The predicted molar refractivity (Wildman–Crippen MR) is 90.0 cm³/mol. The van der Waals surface area contributed by atoms with Gasteiger partial charge >= 0.3 is 0 Å². The minimum Gasteiger partial charge on any atom is -0.396 e. The van der Waals surface area contributed by atoms with Crippen molar-refractivity contribution in [1.29, 1.82) is 0 Å². The lowest BCUT2D eigenvalue weighted by atomic mass is 9.98. The van der Waals surface area contributed by atoms with Gasteiger partial charge in [-0.1, -0.05) is 73.1 Å². The Morgan fingerprint density at radius 3 is 1.45 bits per heavy atom. The fourth-order valence-corrected chi connectivity index (χ4v) is 2.25. The van der Waals surface area contributed by atoms with Crippen LogP contribution >= 0.6 is 0 Å². The van der Waals surface area contributed by atoms with Crippen LogP contribution in [0.15, 0.2) is 0 Å². The Bertz CT molecular complexity index is 149. The number of hydrogen-bond acceptors (Lipinski definition) is 2. The summed E-state index contributed by atoms with van der Waals surface area (Å²) < 4.78 is 0. The summed E-state index contributed by atoms with van der Waals surface area (Å²) in [6.07, 6.45) is 10.7. The topological polar surface area (TPSA) is 40.5 Å². The van der Waals surface area contributed by atoms with Crippen LogP contribution in [0.25, 0.3) is 0 Å². The van der Waals surface area contributed by atoms with Gasteiger partial charge in [0.15, 0.2) is 0 Å². The molecule has 0 aromatic rings. The van der Waals surface area contributed by atoms with Crippen LogP contribution in [0.5, 0.6) is 0 Å². The molecule has 2 heteroatoms. The molecule has 20 heavy (non-hydrogen) atoms. The molecular formula is C18H40O2. The molecule has 2 N–H and O–H groups in total. The summed E-state index contributed by atoms with van der Waals surface area (Å²) >= 11 is 0. The number of hydrogen-bond donors (Lipinski definition) is 2. The van der Waals surface area contributed by atoms with E-state index < -0.39 is 0 Å². The zero-order valence-corrected chi connectivity index (χ0v) is 14.7. The van der Waals surface area contributed by atoms with Crippen molar-refractivity contribution in [2.24, 2.45) is 11.8 Å². The van der Waals surface area contributed by atoms with Gasteiger partial charge in [0.1, 0.15) is 0 Å². The molecule has 0 fully saturated rings. The number of rotatable bonds is 11. The predicted octanol–water partition coefficient (Wildman–Crippen LogP) is 5.17. The first-order valence-electron chi connectivity index (χ1n) is 8.72. The average Bonchev–Trinajstić information content (AvgIpc) is 2.32. The monoisotopic (exact) mass is 288 g/mol. The Hall–Kier alpha value is -0.0800. The molecule has 2 nitrogen and oxygen atoms in total. The van der Waals surface area contributed by atoms with E-state index in [4.69, 9.17) is 5.11 Å². The van der Waals surface area contributed by atoms with E-state index in [2.05, 4.69) is 34.6 Å². The molecule has 0 radical (unpaired) electrons. The second kappa shape index (κ2) is 17.0. The van der Waals surface area contributed by atoms with Crippen LogP contribution < -0.4 is 0 Å². The maximum Gasteiger partial charge on any atom is 0.0545 e. The normalized spacial score (nSPS) is 11.1. The number of aliphatic hydroxyl groups is 2. The molecule has 0 atom stereocenters. The average molecular weight is 289 g/mol. The van der Waals surface area contributed by atoms with Crippen molar-refractivity contribution in [3.05, 3.63) is 0 Å². The van der Waals surface area contributed by atoms with E-state index in [0.29, 0.717) is 18.4 Å². The summed E-state index contributed by atoms with van der Waals surface area (Å²) in [5, 5.41) is 17.9. The van der Waals surface area contributed by atoms with Gasteiger partial charge in [0, 0.05) is 6.61 Å². The lowest BCUT2D eigenvalue weighted by molar-refractivity contribution is 0.125. The SMILES string of the molecule is CC(C)CC(O)CC(C)C.CCCCCCCCCO. The third-order valence-electron chi connectivity index (χ3n) is 3.25. The van der Waals surface area contributed by atoms with E-state index >= 15 is 0 Å². The van der Waals surface area contributed by atoms with Gasteiger partial charge in [0.2, 0.25) is 0 Å². The van der Waals surface area contributed by atoms with Gasteiger partial charge in [-0.15, -0.1) is 0 Å². The highest BCUT2D eigenvalue weighted by atomic mass is 16.3. The van der Waals surface area contributed by atoms with Crippen molar-refractivity contribution in [1.82, 2.24) is 0 Å². The highest BCUT2D eigenvalue weighted by Gasteiger charge is 2.07. The first-order valence-corrected chi connectivity index (χ1v) is 8.72. The van der Waals surface area contributed by atoms with Gasteiger partial charge in [0.05, 0.1) is 6.10 Å². The lowest BCUT2D eigenvalue weighted by Crippen LogP contribution is -2.12. The number of aliphatic hydroxyl groups excluding tert-OH is 2. The van der Waals surface area contributed by atoms with Gasteiger partial charge < -0.3 is 10.2 Å². The summed E-state index contributed by atoms with van der Waals surface area (Å²) in [4.78, 5) is 0. The Kier molecular flexibility index (Phi) is 18.8. The van der Waals surface area contributed by atoms with Crippen LogP contribution in [0.3, 0.4) is 0 Å². The van der Waals surface area contributed by atoms with Crippen molar-refractivity contribution in [3.8, 4) is 0 Å². The minimum atomic E-state index is -0.0833. The standard InChI is InChI=1S/2C9H20O/c1-7(2)5-9(10)6-8(3)4;1-2-3-4-5-6-7-8-9-10/h7-10H,5-6H2,1-4H3;10H,2-9H2,1H3. The molecule has 0 amide bonds. The third kappa shape index (κ3) is 23.0. The van der Waals surface area contributed by atoms with E-state index in [-0.39, 0.29) is 6.10 Å². The molecule has 0 aromatic heterocycles. The largest absolute Gasteiger partial charge is 0.396 e. The molecule has 0 aliphatic rings. The summed E-state index contributed by atoms with van der Waals surface area (Å²) in [5.74, 6) is 1.24. The maximum absolute atomic E-state index is 9.39. The molecule has 0 bridgehead atoms. The Balaban J connectivity index is 0. The molecule has 124 valence electrons. The molecule has 0 aliphatic heterocycles. The Morgan fingerprint density at radius 1 is 0.700 bits per heavy atom. The zero-order valence-electron chi connectivity index (χ0n) is 14.7. The van der Waals surface area contributed by atoms with Crippen LogP contribution in [-0.4, -0.2) is 22.9 Å². The summed E-state index contributed by atoms with van der Waals surface area (Å²) in [6.45, 7) is 11.2. The fourth-order valence-electron chi connectivity index (χ4n) is 2.25. The zero-order chi connectivity index (χ0) is 15.8. The minimum absolute atomic E-state index is 0.0833. The molecule has 0 unspecified atom stereocenters. The van der Waals surface area contributed by atoms with Gasteiger partial charge in [-0.05, 0) is 31.1 Å². The molecular weight excluding hydrogens is 248 g/mol. The molecule has 0 saturated carbocycles. The molecule has 0 saturated heterocycles. The van der Waals surface area contributed by atoms with Crippen LogP contribution in [-0.2, 0) is 0 Å². The molecule has 0 rings (SSSR count). The van der Waals surface area contributed by atoms with Crippen molar-refractivity contribution in [3.63, 3.8) is 0 Å². The van der Waals surface area contributed by atoms with Gasteiger partial charge in [-0.25, -0.2) is 0 Å². The summed E-state index contributed by atoms with van der Waals surface area (Å²) in [7, 11) is 0.